The van der Waals surface area contributed by atoms with Crippen molar-refractivity contribution >= 4 is 17.9 Å². The molecule has 0 heterocycles. The Morgan fingerprint density at radius 2 is 0.465 bits per heavy atom. The lowest BCUT2D eigenvalue weighted by Crippen LogP contribution is -2.30. The summed E-state index contributed by atoms with van der Waals surface area (Å²) in [6.07, 6.45) is 70.7. The van der Waals surface area contributed by atoms with E-state index in [0.717, 1.165) is 64.2 Å². The van der Waals surface area contributed by atoms with E-state index in [-0.39, 0.29) is 31.1 Å². The maximum atomic E-state index is 12.9. The van der Waals surface area contributed by atoms with E-state index in [4.69, 9.17) is 14.2 Å². The normalized spacial score (nSPS) is 12.0. The van der Waals surface area contributed by atoms with Gasteiger partial charge in [0, 0.05) is 19.3 Å². The SMILES string of the molecule is CCCCCCCC/C=C\CCCCCCCC(=O)OCC(COC(=O)CCCCCCCCCCCCCCCCCCCCCC)OC(=O)CCCCCCCCCCCCCCCCCCCC. The van der Waals surface area contributed by atoms with Gasteiger partial charge in [0.25, 0.3) is 0 Å². The van der Waals surface area contributed by atoms with E-state index in [1.54, 1.807) is 0 Å². The highest BCUT2D eigenvalue weighted by Gasteiger charge is 2.19. The predicted molar refractivity (Wildman–Crippen MR) is 307 cm³/mol. The molecule has 6 nitrogen and oxygen atoms in total. The molecule has 0 amide bonds. The maximum absolute atomic E-state index is 12.9. The first kappa shape index (κ1) is 69.2. The molecule has 0 aromatic rings. The lowest BCUT2D eigenvalue weighted by atomic mass is 10.0. The fourth-order valence-electron chi connectivity index (χ4n) is 9.91. The van der Waals surface area contributed by atoms with Crippen molar-refractivity contribution in [1.82, 2.24) is 0 Å². The van der Waals surface area contributed by atoms with Crippen molar-refractivity contribution in [1.29, 1.82) is 0 Å². The highest BCUT2D eigenvalue weighted by atomic mass is 16.6. The second kappa shape index (κ2) is 60.7. The van der Waals surface area contributed by atoms with Crippen molar-refractivity contribution in [2.75, 3.05) is 13.2 Å². The van der Waals surface area contributed by atoms with Gasteiger partial charge in [-0.2, -0.15) is 0 Å². The van der Waals surface area contributed by atoms with Gasteiger partial charge in [0.15, 0.2) is 6.10 Å². The van der Waals surface area contributed by atoms with E-state index < -0.39 is 6.10 Å². The van der Waals surface area contributed by atoms with E-state index in [1.165, 1.54) is 263 Å². The van der Waals surface area contributed by atoms with Gasteiger partial charge in [-0.05, 0) is 44.9 Å². The fraction of sp³-hybridized carbons (Fsp3) is 0.923. The Bertz CT molecular complexity index is 1100. The number of hydrogen-bond donors (Lipinski definition) is 0. The van der Waals surface area contributed by atoms with Crippen LogP contribution in [0.1, 0.15) is 367 Å². The number of unbranched alkanes of at least 4 members (excludes halogenated alkanes) is 47. The van der Waals surface area contributed by atoms with Gasteiger partial charge in [-0.25, -0.2) is 0 Å². The van der Waals surface area contributed by atoms with E-state index in [0.29, 0.717) is 19.3 Å². The molecule has 71 heavy (non-hydrogen) atoms. The fourth-order valence-corrected chi connectivity index (χ4v) is 9.91. The van der Waals surface area contributed by atoms with Gasteiger partial charge in [-0.1, -0.05) is 315 Å². The van der Waals surface area contributed by atoms with Crippen molar-refractivity contribution in [3.05, 3.63) is 12.2 Å². The molecule has 0 aromatic heterocycles. The smallest absolute Gasteiger partial charge is 0.306 e. The molecule has 420 valence electrons. The van der Waals surface area contributed by atoms with Crippen LogP contribution in [-0.2, 0) is 28.6 Å². The van der Waals surface area contributed by atoms with Gasteiger partial charge in [0.1, 0.15) is 13.2 Å². The molecule has 0 fully saturated rings. The lowest BCUT2D eigenvalue weighted by molar-refractivity contribution is -0.167. The molecule has 0 aliphatic carbocycles. The molecule has 0 aliphatic rings. The Labute approximate surface area is 443 Å². The Morgan fingerprint density at radius 1 is 0.268 bits per heavy atom. The molecule has 6 heteroatoms. The average Bonchev–Trinajstić information content (AvgIpc) is 3.37. The lowest BCUT2D eigenvalue weighted by Gasteiger charge is -2.18. The van der Waals surface area contributed by atoms with Gasteiger partial charge in [-0.15, -0.1) is 0 Å². The van der Waals surface area contributed by atoms with Crippen LogP contribution in [0, 0.1) is 0 Å². The van der Waals surface area contributed by atoms with E-state index in [2.05, 4.69) is 32.9 Å². The molecular weight excluding hydrogens is 877 g/mol. The molecule has 0 N–H and O–H groups in total. The largest absolute Gasteiger partial charge is 0.462 e. The Hall–Kier alpha value is -1.85. The molecular formula is C65H124O6. The summed E-state index contributed by atoms with van der Waals surface area (Å²) in [6, 6.07) is 0. The summed E-state index contributed by atoms with van der Waals surface area (Å²) >= 11 is 0. The van der Waals surface area contributed by atoms with Gasteiger partial charge in [0.05, 0.1) is 0 Å². The minimum Gasteiger partial charge on any atom is -0.462 e. The minimum atomic E-state index is -0.769. The first-order chi connectivity index (χ1) is 35.0. The second-order valence-corrected chi connectivity index (χ2v) is 22.0. The van der Waals surface area contributed by atoms with E-state index in [9.17, 15) is 14.4 Å². The van der Waals surface area contributed by atoms with Crippen LogP contribution in [0.3, 0.4) is 0 Å². The van der Waals surface area contributed by atoms with Gasteiger partial charge in [0.2, 0.25) is 0 Å². The van der Waals surface area contributed by atoms with Gasteiger partial charge < -0.3 is 14.2 Å². The van der Waals surface area contributed by atoms with Gasteiger partial charge in [-0.3, -0.25) is 14.4 Å². The monoisotopic (exact) mass is 1000 g/mol. The van der Waals surface area contributed by atoms with Crippen LogP contribution < -0.4 is 0 Å². The molecule has 0 bridgehead atoms. The predicted octanol–water partition coefficient (Wildman–Crippen LogP) is 21.7. The molecule has 0 aromatic carbocycles. The van der Waals surface area contributed by atoms with Crippen molar-refractivity contribution in [3.63, 3.8) is 0 Å². The summed E-state index contributed by atoms with van der Waals surface area (Å²) in [4.78, 5) is 38.3. The van der Waals surface area contributed by atoms with Gasteiger partial charge >= 0.3 is 17.9 Å². The van der Waals surface area contributed by atoms with Crippen LogP contribution in [-0.4, -0.2) is 37.2 Å². The quantitative estimate of drug-likeness (QED) is 0.0261. The summed E-state index contributed by atoms with van der Waals surface area (Å²) in [6.45, 7) is 6.71. The minimum absolute atomic E-state index is 0.0659. The molecule has 1 unspecified atom stereocenters. The standard InChI is InChI=1S/C65H124O6/c1-4-7-10-13-16-19-22-25-28-30-32-33-35-37-40-43-46-49-52-55-58-64(67)70-61-62(60-69-63(66)57-54-51-48-45-42-39-36-27-24-21-18-15-12-9-6-3)71-65(68)59-56-53-50-47-44-41-38-34-31-29-26-23-20-17-14-11-8-5-2/h27,36,62H,4-26,28-35,37-61H2,1-3H3/b36-27-. The van der Waals surface area contributed by atoms with Crippen molar-refractivity contribution in [2.45, 2.75) is 374 Å². The third-order valence-corrected chi connectivity index (χ3v) is 14.8. The summed E-state index contributed by atoms with van der Waals surface area (Å²) in [5.41, 5.74) is 0. The number of esters is 3. The van der Waals surface area contributed by atoms with Crippen LogP contribution in [0.15, 0.2) is 12.2 Å². The van der Waals surface area contributed by atoms with Crippen LogP contribution in [0.5, 0.6) is 0 Å². The van der Waals surface area contributed by atoms with Crippen molar-refractivity contribution in [2.24, 2.45) is 0 Å². The molecule has 1 atom stereocenters. The molecule has 0 saturated carbocycles. The zero-order valence-electron chi connectivity index (χ0n) is 48.3. The van der Waals surface area contributed by atoms with E-state index >= 15 is 0 Å². The van der Waals surface area contributed by atoms with E-state index in [1.807, 2.05) is 0 Å². The van der Waals surface area contributed by atoms with Crippen LogP contribution in [0.4, 0.5) is 0 Å². The molecule has 0 rings (SSSR count). The number of rotatable bonds is 60. The molecule has 0 spiro atoms. The number of hydrogen-bond acceptors (Lipinski definition) is 6. The zero-order valence-corrected chi connectivity index (χ0v) is 48.3. The molecule has 0 aliphatic heterocycles. The summed E-state index contributed by atoms with van der Waals surface area (Å²) in [7, 11) is 0. The van der Waals surface area contributed by atoms with Crippen molar-refractivity contribution in [3.8, 4) is 0 Å². The summed E-state index contributed by atoms with van der Waals surface area (Å²) < 4.78 is 16.9. The first-order valence-electron chi connectivity index (χ1n) is 32.2. The number of ether oxygens (including phenoxy) is 3. The molecule has 0 saturated heterocycles. The number of carbonyl (C=O) groups is 3. The Kier molecular flexibility index (Phi) is 59.1. The van der Waals surface area contributed by atoms with Crippen LogP contribution >= 0.6 is 0 Å². The second-order valence-electron chi connectivity index (χ2n) is 22.0. The highest BCUT2D eigenvalue weighted by Crippen LogP contribution is 2.18. The summed E-state index contributed by atoms with van der Waals surface area (Å²) in [5.74, 6) is -0.843. The third-order valence-electron chi connectivity index (χ3n) is 14.8. The van der Waals surface area contributed by atoms with Crippen LogP contribution in [0.2, 0.25) is 0 Å². The zero-order chi connectivity index (χ0) is 51.4. The Morgan fingerprint density at radius 3 is 0.704 bits per heavy atom. The summed E-state index contributed by atoms with van der Waals surface area (Å²) in [5, 5.41) is 0. The molecule has 0 radical (unpaired) electrons. The first-order valence-corrected chi connectivity index (χ1v) is 32.2. The third kappa shape index (κ3) is 58.9. The topological polar surface area (TPSA) is 78.9 Å². The Balaban J connectivity index is 4.29. The average molecular weight is 1000 g/mol. The van der Waals surface area contributed by atoms with Crippen LogP contribution in [0.25, 0.3) is 0 Å². The number of allylic oxidation sites excluding steroid dienone is 2. The maximum Gasteiger partial charge on any atom is 0.306 e. The highest BCUT2D eigenvalue weighted by molar-refractivity contribution is 5.71. The number of carbonyl (C=O) groups excluding carboxylic acids is 3. The van der Waals surface area contributed by atoms with Crippen molar-refractivity contribution < 1.29 is 28.6 Å².